The number of carbonyl (C=O) groups excluding carboxylic acids is 1. The van der Waals surface area contributed by atoms with Crippen LogP contribution in [0.1, 0.15) is 17.3 Å². The van der Waals surface area contributed by atoms with Crippen LogP contribution in [0.3, 0.4) is 0 Å². The Kier molecular flexibility index (Phi) is 4.05. The molecule has 0 radical (unpaired) electrons. The molecule has 1 rings (SSSR count). The molecule has 5 heteroatoms. The van der Waals surface area contributed by atoms with Gasteiger partial charge in [-0.05, 0) is 6.92 Å². The Bertz CT molecular complexity index is 386. The fourth-order valence-corrected chi connectivity index (χ4v) is 1.01. The van der Waals surface area contributed by atoms with Gasteiger partial charge in [0, 0.05) is 32.1 Å². The van der Waals surface area contributed by atoms with Crippen molar-refractivity contribution >= 4 is 5.91 Å². The summed E-state index contributed by atoms with van der Waals surface area (Å²) in [6.07, 6.45) is 2.79. The van der Waals surface area contributed by atoms with E-state index in [4.69, 9.17) is 4.74 Å². The maximum absolute atomic E-state index is 11.5. The van der Waals surface area contributed by atoms with Crippen LogP contribution in [-0.2, 0) is 4.74 Å². The third-order valence-corrected chi connectivity index (χ3v) is 2.02. The van der Waals surface area contributed by atoms with Crippen molar-refractivity contribution in [3.63, 3.8) is 0 Å². The summed E-state index contributed by atoms with van der Waals surface area (Å²) in [6, 6.07) is 1.31. The number of aromatic nitrogens is 1. The van der Waals surface area contributed by atoms with E-state index in [1.165, 1.54) is 18.5 Å². The maximum atomic E-state index is 11.5. The number of methoxy groups -OCH3 is 1. The van der Waals surface area contributed by atoms with Crippen molar-refractivity contribution in [2.75, 3.05) is 13.7 Å². The molecule has 0 saturated heterocycles. The summed E-state index contributed by atoms with van der Waals surface area (Å²) >= 11 is 0. The maximum Gasteiger partial charge on any atom is 0.256 e. The quantitative estimate of drug-likeness (QED) is 0.742. The van der Waals surface area contributed by atoms with Gasteiger partial charge in [-0.2, -0.15) is 0 Å². The number of aromatic amines is 1. The third kappa shape index (κ3) is 3.21. The normalized spacial score (nSPS) is 12.1. The van der Waals surface area contributed by atoms with Gasteiger partial charge in [-0.1, -0.05) is 0 Å². The molecule has 1 aromatic heterocycles. The molecule has 0 aromatic carbocycles. The van der Waals surface area contributed by atoms with E-state index < -0.39 is 0 Å². The van der Waals surface area contributed by atoms with Gasteiger partial charge in [0.1, 0.15) is 5.56 Å². The lowest BCUT2D eigenvalue weighted by Gasteiger charge is -2.10. The van der Waals surface area contributed by atoms with Crippen molar-refractivity contribution in [2.45, 2.75) is 13.0 Å². The molecule has 1 heterocycles. The molecule has 1 aromatic rings. The van der Waals surface area contributed by atoms with Crippen molar-refractivity contribution in [3.8, 4) is 0 Å². The number of ether oxygens (including phenoxy) is 1. The summed E-state index contributed by atoms with van der Waals surface area (Å²) < 4.78 is 4.97. The van der Waals surface area contributed by atoms with Gasteiger partial charge in [0.2, 0.25) is 0 Å². The van der Waals surface area contributed by atoms with Crippen molar-refractivity contribution in [3.05, 3.63) is 34.2 Å². The molecule has 0 aliphatic rings. The van der Waals surface area contributed by atoms with Crippen molar-refractivity contribution < 1.29 is 9.53 Å². The van der Waals surface area contributed by atoms with Crippen LogP contribution in [0.2, 0.25) is 0 Å². The van der Waals surface area contributed by atoms with E-state index in [9.17, 15) is 9.59 Å². The number of hydrogen-bond donors (Lipinski definition) is 2. The lowest BCUT2D eigenvalue weighted by atomic mass is 10.2. The van der Waals surface area contributed by atoms with Crippen LogP contribution in [-0.4, -0.2) is 30.6 Å². The fourth-order valence-electron chi connectivity index (χ4n) is 1.01. The summed E-state index contributed by atoms with van der Waals surface area (Å²) in [7, 11) is 1.56. The second kappa shape index (κ2) is 5.31. The lowest BCUT2D eigenvalue weighted by Crippen LogP contribution is -2.34. The Morgan fingerprint density at radius 2 is 2.40 bits per heavy atom. The molecular formula is C10H14N2O3. The average Bonchev–Trinajstić information content (AvgIpc) is 2.26. The Morgan fingerprint density at radius 1 is 1.67 bits per heavy atom. The Hall–Kier alpha value is -1.62. The molecule has 1 unspecified atom stereocenters. The molecular weight excluding hydrogens is 196 g/mol. The zero-order valence-corrected chi connectivity index (χ0v) is 8.74. The van der Waals surface area contributed by atoms with Gasteiger partial charge in [-0.3, -0.25) is 9.59 Å². The minimum Gasteiger partial charge on any atom is -0.380 e. The standard InChI is InChI=1S/C10H14N2O3/c1-7(15-2)5-12-10(14)8-6-11-4-3-9(8)13/h3-4,6-7H,5H2,1-2H3,(H,11,13)(H,12,14). The number of carbonyl (C=O) groups is 1. The van der Waals surface area contributed by atoms with E-state index in [1.54, 1.807) is 7.11 Å². The molecule has 0 spiro atoms. The minimum absolute atomic E-state index is 0.0725. The first-order valence-electron chi connectivity index (χ1n) is 4.63. The number of pyridine rings is 1. The first kappa shape index (κ1) is 11.5. The van der Waals surface area contributed by atoms with Gasteiger partial charge in [0.25, 0.3) is 5.91 Å². The summed E-state index contributed by atoms with van der Waals surface area (Å²) in [5.74, 6) is -0.388. The topological polar surface area (TPSA) is 71.2 Å². The van der Waals surface area contributed by atoms with Gasteiger partial charge in [0.15, 0.2) is 5.43 Å². The number of H-pyrrole nitrogens is 1. The van der Waals surface area contributed by atoms with E-state index >= 15 is 0 Å². The Morgan fingerprint density at radius 3 is 3.00 bits per heavy atom. The zero-order chi connectivity index (χ0) is 11.3. The first-order chi connectivity index (χ1) is 7.15. The van der Waals surface area contributed by atoms with E-state index in [0.717, 1.165) is 0 Å². The molecule has 1 amide bonds. The van der Waals surface area contributed by atoms with Gasteiger partial charge in [-0.25, -0.2) is 0 Å². The lowest BCUT2D eigenvalue weighted by molar-refractivity contribution is 0.0869. The monoisotopic (exact) mass is 210 g/mol. The Labute approximate surface area is 87.5 Å². The summed E-state index contributed by atoms with van der Waals surface area (Å²) in [5.41, 5.74) is -0.183. The smallest absolute Gasteiger partial charge is 0.256 e. The van der Waals surface area contributed by atoms with E-state index in [-0.39, 0.29) is 23.0 Å². The number of amides is 1. The van der Waals surface area contributed by atoms with Gasteiger partial charge >= 0.3 is 0 Å². The highest BCUT2D eigenvalue weighted by Crippen LogP contribution is 1.89. The van der Waals surface area contributed by atoms with E-state index in [0.29, 0.717) is 6.54 Å². The molecule has 1 atom stereocenters. The highest BCUT2D eigenvalue weighted by Gasteiger charge is 2.09. The zero-order valence-electron chi connectivity index (χ0n) is 8.74. The van der Waals surface area contributed by atoms with Crippen molar-refractivity contribution in [1.82, 2.24) is 10.3 Å². The summed E-state index contributed by atoms with van der Waals surface area (Å²) in [6.45, 7) is 2.21. The first-order valence-corrected chi connectivity index (χ1v) is 4.63. The minimum atomic E-state index is -0.388. The van der Waals surface area contributed by atoms with Crippen LogP contribution < -0.4 is 10.7 Å². The van der Waals surface area contributed by atoms with Crippen LogP contribution in [0.5, 0.6) is 0 Å². The molecule has 0 bridgehead atoms. The predicted octanol–water partition coefficient (Wildman–Crippen LogP) is 0.140. The van der Waals surface area contributed by atoms with E-state index in [1.807, 2.05) is 6.92 Å². The second-order valence-corrected chi connectivity index (χ2v) is 3.18. The molecule has 5 nitrogen and oxygen atoms in total. The molecule has 0 aliphatic carbocycles. The molecule has 0 saturated carbocycles. The van der Waals surface area contributed by atoms with Crippen molar-refractivity contribution in [1.29, 1.82) is 0 Å². The molecule has 15 heavy (non-hydrogen) atoms. The molecule has 0 aliphatic heterocycles. The fraction of sp³-hybridized carbons (Fsp3) is 0.400. The highest BCUT2D eigenvalue weighted by atomic mass is 16.5. The number of rotatable bonds is 4. The largest absolute Gasteiger partial charge is 0.380 e. The van der Waals surface area contributed by atoms with Crippen molar-refractivity contribution in [2.24, 2.45) is 0 Å². The second-order valence-electron chi connectivity index (χ2n) is 3.18. The molecule has 0 fully saturated rings. The number of nitrogens with one attached hydrogen (secondary N) is 2. The van der Waals surface area contributed by atoms with Crippen LogP contribution in [0.15, 0.2) is 23.3 Å². The molecule has 82 valence electrons. The van der Waals surface area contributed by atoms with Crippen LogP contribution in [0.25, 0.3) is 0 Å². The third-order valence-electron chi connectivity index (χ3n) is 2.02. The SMILES string of the molecule is COC(C)CNC(=O)c1c[nH]ccc1=O. The average molecular weight is 210 g/mol. The highest BCUT2D eigenvalue weighted by molar-refractivity contribution is 5.93. The molecule has 2 N–H and O–H groups in total. The van der Waals surface area contributed by atoms with Gasteiger partial charge in [0.05, 0.1) is 6.10 Å². The summed E-state index contributed by atoms with van der Waals surface area (Å²) in [5, 5.41) is 2.61. The Balaban J connectivity index is 2.62. The predicted molar refractivity (Wildman–Crippen MR) is 55.9 cm³/mol. The number of hydrogen-bond acceptors (Lipinski definition) is 3. The van der Waals surface area contributed by atoms with Crippen LogP contribution in [0, 0.1) is 0 Å². The summed E-state index contributed by atoms with van der Waals surface area (Å²) in [4.78, 5) is 25.5. The van der Waals surface area contributed by atoms with Gasteiger partial charge in [-0.15, -0.1) is 0 Å². The van der Waals surface area contributed by atoms with Crippen LogP contribution in [0.4, 0.5) is 0 Å². The van der Waals surface area contributed by atoms with Crippen LogP contribution >= 0.6 is 0 Å². The van der Waals surface area contributed by atoms with E-state index in [2.05, 4.69) is 10.3 Å². The van der Waals surface area contributed by atoms with Gasteiger partial charge < -0.3 is 15.0 Å².